The minimum atomic E-state index is -5.08. The van der Waals surface area contributed by atoms with Crippen LogP contribution in [-0.4, -0.2) is 99.3 Å². The van der Waals surface area contributed by atoms with Crippen molar-refractivity contribution in [3.8, 4) is 0 Å². The highest BCUT2D eigenvalue weighted by Crippen LogP contribution is 2.29. The fraction of sp³-hybridized carbons (Fsp3) is 0.500. The van der Waals surface area contributed by atoms with Crippen LogP contribution in [0.3, 0.4) is 0 Å². The number of hydrogen-bond donors (Lipinski definition) is 2. The number of aromatic nitrogens is 3. The second kappa shape index (κ2) is 14.0. The smallest absolute Gasteiger partial charge is 0.475 e. The first kappa shape index (κ1) is 31.6. The van der Waals surface area contributed by atoms with Crippen LogP contribution in [0.5, 0.6) is 0 Å². The molecule has 2 fully saturated rings. The number of pyridine rings is 1. The van der Waals surface area contributed by atoms with Gasteiger partial charge in [0.05, 0.1) is 31.6 Å². The second-order valence-corrected chi connectivity index (χ2v) is 8.14. The van der Waals surface area contributed by atoms with Crippen molar-refractivity contribution in [2.45, 2.75) is 37.3 Å². The topological polar surface area (TPSA) is 129 Å². The average Bonchev–Trinajstić information content (AvgIpc) is 3.28. The van der Waals surface area contributed by atoms with Crippen LogP contribution in [-0.2, 0) is 20.7 Å². The number of ether oxygens (including phenoxy) is 1. The molecule has 0 bridgehead atoms. The predicted octanol–water partition coefficient (Wildman–Crippen LogP) is 2.80. The summed E-state index contributed by atoms with van der Waals surface area (Å²) in [5, 5.41) is 14.2. The number of carbonyl (C=O) groups is 2. The summed E-state index contributed by atoms with van der Waals surface area (Å²) in [5.41, 5.74) is 1.19. The predicted molar refractivity (Wildman–Crippen MR) is 119 cm³/mol. The van der Waals surface area contributed by atoms with Gasteiger partial charge >= 0.3 is 24.3 Å². The van der Waals surface area contributed by atoms with Crippen LogP contribution in [0.4, 0.5) is 36.7 Å². The maximum absolute atomic E-state index is 13.2. The van der Waals surface area contributed by atoms with E-state index in [0.29, 0.717) is 12.0 Å². The molecule has 17 heteroatoms. The molecule has 39 heavy (non-hydrogen) atoms. The van der Waals surface area contributed by atoms with Crippen LogP contribution >= 0.6 is 0 Å². The van der Waals surface area contributed by atoms with Crippen molar-refractivity contribution in [1.82, 2.24) is 19.9 Å². The fourth-order valence-corrected chi connectivity index (χ4v) is 3.88. The molecule has 2 atom stereocenters. The Labute approximate surface area is 217 Å². The van der Waals surface area contributed by atoms with Gasteiger partial charge in [-0.2, -0.15) is 26.3 Å². The first-order chi connectivity index (χ1) is 18.2. The lowest BCUT2D eigenvalue weighted by atomic mass is 9.99. The monoisotopic (exact) mass is 571 g/mol. The third-order valence-corrected chi connectivity index (χ3v) is 5.54. The van der Waals surface area contributed by atoms with Crippen molar-refractivity contribution in [3.05, 3.63) is 48.3 Å². The molecule has 2 N–H and O–H groups in total. The number of carboxylic acid groups (broad SMARTS) is 2. The summed E-state index contributed by atoms with van der Waals surface area (Å²) in [5.74, 6) is -5.32. The molecule has 4 rings (SSSR count). The quantitative estimate of drug-likeness (QED) is 0.529. The highest BCUT2D eigenvalue weighted by molar-refractivity contribution is 5.73. The minimum absolute atomic E-state index is 0.243. The standard InChI is InChI=1S/C18H22FN5O.2C2HF3O2/c19-15-12-21-18(22-13-15)24-5-3-16(23-6-8-25-9-7-23)17(24)10-14-2-1-4-20-11-14;2*3-2(4,5)1(6)7/h1-2,4,11-13,16-17H,3,5-10H2;2*(H,6,7)/t16-,17+;;/m1../s1. The Kier molecular flexibility index (Phi) is 11.3. The maximum atomic E-state index is 13.2. The summed E-state index contributed by atoms with van der Waals surface area (Å²) in [6, 6.07) is 4.73. The fourth-order valence-electron chi connectivity index (χ4n) is 3.88. The van der Waals surface area contributed by atoms with E-state index in [1.807, 2.05) is 12.3 Å². The van der Waals surface area contributed by atoms with Crippen LogP contribution in [0.15, 0.2) is 36.9 Å². The van der Waals surface area contributed by atoms with Gasteiger partial charge in [0.15, 0.2) is 5.82 Å². The van der Waals surface area contributed by atoms with Gasteiger partial charge < -0.3 is 19.8 Å². The van der Waals surface area contributed by atoms with Gasteiger partial charge in [0.25, 0.3) is 0 Å². The second-order valence-electron chi connectivity index (χ2n) is 8.14. The van der Waals surface area contributed by atoms with E-state index in [-0.39, 0.29) is 6.04 Å². The number of hydrogen-bond acceptors (Lipinski definition) is 8. The van der Waals surface area contributed by atoms with E-state index in [1.54, 1.807) is 6.20 Å². The number of carboxylic acids is 2. The molecule has 4 heterocycles. The average molecular weight is 571 g/mol. The lowest BCUT2D eigenvalue weighted by Gasteiger charge is -2.37. The summed E-state index contributed by atoms with van der Waals surface area (Å²) >= 11 is 0. The van der Waals surface area contributed by atoms with Gasteiger partial charge in [-0.25, -0.2) is 23.9 Å². The summed E-state index contributed by atoms with van der Waals surface area (Å²) in [6.07, 6.45) is -2.06. The van der Waals surface area contributed by atoms with E-state index in [4.69, 9.17) is 24.5 Å². The van der Waals surface area contributed by atoms with E-state index in [0.717, 1.165) is 45.7 Å². The Morgan fingerprint density at radius 2 is 1.49 bits per heavy atom. The van der Waals surface area contributed by atoms with Crippen molar-refractivity contribution < 1.29 is 55.3 Å². The Morgan fingerprint density at radius 1 is 0.949 bits per heavy atom. The maximum Gasteiger partial charge on any atom is 0.490 e. The Morgan fingerprint density at radius 3 is 1.95 bits per heavy atom. The molecule has 2 aliphatic rings. The molecule has 0 amide bonds. The molecular weight excluding hydrogens is 547 g/mol. The van der Waals surface area contributed by atoms with Crippen molar-refractivity contribution in [2.24, 2.45) is 0 Å². The van der Waals surface area contributed by atoms with E-state index < -0.39 is 30.1 Å². The van der Waals surface area contributed by atoms with Crippen LogP contribution in [0.1, 0.15) is 12.0 Å². The van der Waals surface area contributed by atoms with Crippen LogP contribution in [0, 0.1) is 5.82 Å². The number of nitrogens with zero attached hydrogens (tertiary/aromatic N) is 5. The highest BCUT2D eigenvalue weighted by Gasteiger charge is 2.40. The highest BCUT2D eigenvalue weighted by atomic mass is 19.4. The van der Waals surface area contributed by atoms with Crippen LogP contribution < -0.4 is 4.90 Å². The Hall–Kier alpha value is -3.60. The number of aliphatic carboxylic acids is 2. The van der Waals surface area contributed by atoms with Crippen molar-refractivity contribution >= 4 is 17.9 Å². The molecule has 2 saturated heterocycles. The van der Waals surface area contributed by atoms with Crippen molar-refractivity contribution in [2.75, 3.05) is 37.7 Å². The molecule has 10 nitrogen and oxygen atoms in total. The van der Waals surface area contributed by atoms with Gasteiger partial charge in [-0.1, -0.05) is 6.07 Å². The minimum Gasteiger partial charge on any atom is -0.475 e. The lowest BCUT2D eigenvalue weighted by Crippen LogP contribution is -2.50. The Bertz CT molecular complexity index is 1030. The molecule has 2 aromatic heterocycles. The van der Waals surface area contributed by atoms with Crippen molar-refractivity contribution in [1.29, 1.82) is 0 Å². The third kappa shape index (κ3) is 10.2. The summed E-state index contributed by atoms with van der Waals surface area (Å²) in [7, 11) is 0. The number of anilines is 1. The zero-order chi connectivity index (χ0) is 29.2. The number of morpholine rings is 1. The molecule has 0 aromatic carbocycles. The molecule has 0 spiro atoms. The summed E-state index contributed by atoms with van der Waals surface area (Å²) in [4.78, 5) is 35.2. The number of rotatable bonds is 4. The third-order valence-electron chi connectivity index (χ3n) is 5.54. The van der Waals surface area contributed by atoms with Gasteiger partial charge in [0, 0.05) is 38.1 Å². The number of alkyl halides is 6. The van der Waals surface area contributed by atoms with Gasteiger partial charge in [-0.05, 0) is 24.5 Å². The van der Waals surface area contributed by atoms with Gasteiger partial charge in [0.1, 0.15) is 0 Å². The van der Waals surface area contributed by atoms with E-state index >= 15 is 0 Å². The summed E-state index contributed by atoms with van der Waals surface area (Å²) in [6.45, 7) is 4.34. The van der Waals surface area contributed by atoms with Crippen LogP contribution in [0.25, 0.3) is 0 Å². The normalized spacial score (nSPS) is 19.8. The largest absolute Gasteiger partial charge is 0.490 e. The number of halogens is 7. The van der Waals surface area contributed by atoms with Gasteiger partial charge in [0.2, 0.25) is 5.95 Å². The zero-order valence-corrected chi connectivity index (χ0v) is 20.1. The molecule has 2 aliphatic heterocycles. The van der Waals surface area contributed by atoms with E-state index in [1.165, 1.54) is 18.0 Å². The van der Waals surface area contributed by atoms with Crippen molar-refractivity contribution in [3.63, 3.8) is 0 Å². The molecule has 216 valence electrons. The molecule has 0 aliphatic carbocycles. The lowest BCUT2D eigenvalue weighted by molar-refractivity contribution is -0.193. The van der Waals surface area contributed by atoms with Gasteiger partial charge in [-0.3, -0.25) is 9.88 Å². The van der Waals surface area contributed by atoms with Gasteiger partial charge in [-0.15, -0.1) is 0 Å². The first-order valence-electron chi connectivity index (χ1n) is 11.2. The zero-order valence-electron chi connectivity index (χ0n) is 20.1. The molecule has 2 aromatic rings. The first-order valence-corrected chi connectivity index (χ1v) is 11.2. The summed E-state index contributed by atoms with van der Waals surface area (Å²) < 4.78 is 82.2. The van der Waals surface area contributed by atoms with Crippen LogP contribution in [0.2, 0.25) is 0 Å². The molecule has 0 radical (unpaired) electrons. The van der Waals surface area contributed by atoms with E-state index in [2.05, 4.69) is 30.8 Å². The molecule has 0 unspecified atom stereocenters. The Balaban J connectivity index is 0.000000317. The molecular formula is C22H24F7N5O5. The van der Waals surface area contributed by atoms with E-state index in [9.17, 15) is 30.7 Å². The molecule has 0 saturated carbocycles. The SMILES string of the molecule is Fc1cnc(N2CC[C@@H](N3CCOCC3)[C@@H]2Cc2cccnc2)nc1.O=C(O)C(F)(F)F.O=C(O)C(F)(F)F.